The van der Waals surface area contributed by atoms with Crippen molar-refractivity contribution in [1.29, 1.82) is 0 Å². The number of benzene rings is 1. The molecular weight excluding hydrogens is 368 g/mol. The van der Waals surface area contributed by atoms with Gasteiger partial charge in [-0.15, -0.1) is 0 Å². The number of hydrogen-bond donors (Lipinski definition) is 3. The minimum Gasteiger partial charge on any atom is -0.325 e. The maximum atomic E-state index is 12.8. The highest BCUT2D eigenvalue weighted by Gasteiger charge is 2.23. The van der Waals surface area contributed by atoms with Crippen LogP contribution in [-0.2, 0) is 0 Å². The van der Waals surface area contributed by atoms with Crippen molar-refractivity contribution in [3.05, 3.63) is 40.3 Å². The Morgan fingerprint density at radius 3 is 2.72 bits per heavy atom. The molecule has 152 valence electrons. The van der Waals surface area contributed by atoms with Gasteiger partial charge in [0.25, 0.3) is 5.56 Å². The lowest BCUT2D eigenvalue weighted by Gasteiger charge is -2.26. The molecule has 2 amide bonds. The van der Waals surface area contributed by atoms with Crippen LogP contribution in [0.2, 0.25) is 0 Å². The van der Waals surface area contributed by atoms with Crippen LogP contribution >= 0.6 is 0 Å². The summed E-state index contributed by atoms with van der Waals surface area (Å²) >= 11 is 0. The first kappa shape index (κ1) is 18.2. The van der Waals surface area contributed by atoms with E-state index in [1.54, 1.807) is 6.07 Å². The summed E-state index contributed by atoms with van der Waals surface area (Å²) < 4.78 is 1.86. The molecule has 2 aliphatic heterocycles. The van der Waals surface area contributed by atoms with Crippen LogP contribution in [0.25, 0.3) is 16.6 Å². The van der Waals surface area contributed by atoms with Crippen molar-refractivity contribution in [3.8, 4) is 0 Å². The zero-order valence-corrected chi connectivity index (χ0v) is 16.4. The molecule has 3 aromatic rings. The van der Waals surface area contributed by atoms with Gasteiger partial charge in [-0.1, -0.05) is 6.07 Å². The van der Waals surface area contributed by atoms with Gasteiger partial charge in [0.15, 0.2) is 0 Å². The molecule has 0 radical (unpaired) electrons. The smallest absolute Gasteiger partial charge is 0.321 e. The number of H-pyrrole nitrogens is 1. The first-order valence-electron chi connectivity index (χ1n) is 10.5. The van der Waals surface area contributed by atoms with Crippen LogP contribution < -0.4 is 16.2 Å². The van der Waals surface area contributed by atoms with Gasteiger partial charge in [0.05, 0.1) is 22.3 Å². The first-order chi connectivity index (χ1) is 14.2. The monoisotopic (exact) mass is 394 g/mol. The third-order valence-electron chi connectivity index (χ3n) is 6.11. The van der Waals surface area contributed by atoms with Crippen LogP contribution in [0.1, 0.15) is 43.7 Å². The van der Waals surface area contributed by atoms with E-state index >= 15 is 0 Å². The van der Waals surface area contributed by atoms with Gasteiger partial charge in [0.2, 0.25) is 0 Å². The standard InChI is InChI=1S/C21H26N6O2/c28-18-13-17(14-7-9-22-10-8-14)27-20(24-18)19-15(5-4-6-16(19)25-27)23-21(29)26-11-2-1-3-12-26/h4-6,13-14,22H,1-3,7-12H2,(H,23,29)(H,24,28). The number of urea groups is 1. The molecule has 0 spiro atoms. The van der Waals surface area contributed by atoms with E-state index < -0.39 is 0 Å². The molecule has 2 aromatic heterocycles. The number of carbonyl (C=O) groups excluding carboxylic acids is 1. The second-order valence-electron chi connectivity index (χ2n) is 8.02. The summed E-state index contributed by atoms with van der Waals surface area (Å²) in [5.74, 6) is 0.293. The number of fused-ring (bicyclic) bond motifs is 3. The number of rotatable bonds is 2. The van der Waals surface area contributed by atoms with Gasteiger partial charge < -0.3 is 20.5 Å². The largest absolute Gasteiger partial charge is 0.325 e. The average Bonchev–Trinajstić information content (AvgIpc) is 3.14. The molecule has 0 atom stereocenters. The first-order valence-corrected chi connectivity index (χ1v) is 10.5. The van der Waals surface area contributed by atoms with Gasteiger partial charge in [-0.3, -0.25) is 4.79 Å². The number of amides is 2. The van der Waals surface area contributed by atoms with Crippen LogP contribution in [0.5, 0.6) is 0 Å². The zero-order chi connectivity index (χ0) is 19.8. The van der Waals surface area contributed by atoms with Crippen molar-refractivity contribution in [2.75, 3.05) is 31.5 Å². The molecule has 2 saturated heterocycles. The quantitative estimate of drug-likeness (QED) is 0.623. The van der Waals surface area contributed by atoms with Crippen LogP contribution in [0.15, 0.2) is 29.1 Å². The van der Waals surface area contributed by atoms with E-state index in [-0.39, 0.29) is 11.6 Å². The Morgan fingerprint density at radius 2 is 1.93 bits per heavy atom. The Bertz CT molecular complexity index is 1110. The van der Waals surface area contributed by atoms with Crippen LogP contribution in [0, 0.1) is 0 Å². The number of nitrogens with one attached hydrogen (secondary N) is 3. The molecule has 8 nitrogen and oxygen atoms in total. The van der Waals surface area contributed by atoms with Crippen LogP contribution in [0.3, 0.4) is 0 Å². The van der Waals surface area contributed by atoms with E-state index in [1.165, 1.54) is 6.42 Å². The second kappa shape index (κ2) is 7.51. The van der Waals surface area contributed by atoms with Crippen molar-refractivity contribution < 1.29 is 4.79 Å². The Labute approximate surface area is 168 Å². The van der Waals surface area contributed by atoms with Gasteiger partial charge in [-0.2, -0.15) is 5.10 Å². The van der Waals surface area contributed by atoms with E-state index in [0.29, 0.717) is 17.3 Å². The summed E-state index contributed by atoms with van der Waals surface area (Å²) in [4.78, 5) is 30.0. The highest BCUT2D eigenvalue weighted by Crippen LogP contribution is 2.30. The number of carbonyl (C=O) groups is 1. The Morgan fingerprint density at radius 1 is 1.14 bits per heavy atom. The molecule has 3 N–H and O–H groups in total. The highest BCUT2D eigenvalue weighted by molar-refractivity contribution is 6.07. The maximum absolute atomic E-state index is 12.8. The molecule has 8 heteroatoms. The van der Waals surface area contributed by atoms with E-state index in [2.05, 4.69) is 15.6 Å². The summed E-state index contributed by atoms with van der Waals surface area (Å²) in [6.45, 7) is 3.45. The van der Waals surface area contributed by atoms with Crippen LogP contribution in [0.4, 0.5) is 10.5 Å². The summed E-state index contributed by atoms with van der Waals surface area (Å²) in [5.41, 5.74) is 2.90. The van der Waals surface area contributed by atoms with Gasteiger partial charge in [-0.05, 0) is 57.3 Å². The van der Waals surface area contributed by atoms with Crippen molar-refractivity contribution in [2.24, 2.45) is 0 Å². The molecule has 0 unspecified atom stereocenters. The molecule has 29 heavy (non-hydrogen) atoms. The predicted octanol–water partition coefficient (Wildman–Crippen LogP) is 2.66. The van der Waals surface area contributed by atoms with Gasteiger partial charge in [0.1, 0.15) is 5.65 Å². The molecule has 2 aliphatic rings. The molecular formula is C21H26N6O2. The van der Waals surface area contributed by atoms with Crippen molar-refractivity contribution in [2.45, 2.75) is 38.0 Å². The normalized spacial score (nSPS) is 18.4. The minimum absolute atomic E-state index is 0.0894. The number of anilines is 1. The summed E-state index contributed by atoms with van der Waals surface area (Å²) in [6.07, 6.45) is 5.22. The Hall–Kier alpha value is -2.87. The van der Waals surface area contributed by atoms with E-state index in [9.17, 15) is 9.59 Å². The summed E-state index contributed by atoms with van der Waals surface area (Å²) in [7, 11) is 0. The lowest BCUT2D eigenvalue weighted by atomic mass is 9.94. The Kier molecular flexibility index (Phi) is 4.71. The molecule has 1 aromatic carbocycles. The summed E-state index contributed by atoms with van der Waals surface area (Å²) in [5, 5.41) is 12.0. The molecule has 0 bridgehead atoms. The molecule has 4 heterocycles. The van der Waals surface area contributed by atoms with Crippen molar-refractivity contribution >= 4 is 28.3 Å². The summed E-state index contributed by atoms with van der Waals surface area (Å²) in [6, 6.07) is 7.27. The van der Waals surface area contributed by atoms with E-state index in [4.69, 9.17) is 5.10 Å². The second-order valence-corrected chi connectivity index (χ2v) is 8.02. The molecule has 2 fully saturated rings. The Balaban J connectivity index is 1.59. The number of nitrogens with zero attached hydrogens (tertiary/aromatic N) is 3. The van der Waals surface area contributed by atoms with E-state index in [1.807, 2.05) is 27.6 Å². The fraction of sp³-hybridized carbons (Fsp3) is 0.476. The van der Waals surface area contributed by atoms with Crippen LogP contribution in [-0.4, -0.2) is 51.7 Å². The fourth-order valence-electron chi connectivity index (χ4n) is 4.59. The fourth-order valence-corrected chi connectivity index (χ4v) is 4.59. The molecule has 0 aliphatic carbocycles. The number of aromatic amines is 1. The van der Waals surface area contributed by atoms with E-state index in [0.717, 1.165) is 68.5 Å². The number of piperidine rings is 2. The lowest BCUT2D eigenvalue weighted by Crippen LogP contribution is -2.38. The number of hydrogen-bond acceptors (Lipinski definition) is 4. The predicted molar refractivity (Wildman–Crippen MR) is 113 cm³/mol. The van der Waals surface area contributed by atoms with Crippen molar-refractivity contribution in [1.82, 2.24) is 24.8 Å². The SMILES string of the molecule is O=C(Nc1cccc2nn3c(C4CCNCC4)cc(=O)[nH]c3c12)N1CCCCC1. The molecule has 5 rings (SSSR count). The van der Waals surface area contributed by atoms with Gasteiger partial charge in [0, 0.05) is 25.1 Å². The number of aromatic nitrogens is 3. The minimum atomic E-state index is -0.134. The third-order valence-corrected chi connectivity index (χ3v) is 6.11. The molecule has 0 saturated carbocycles. The van der Waals surface area contributed by atoms with Crippen molar-refractivity contribution in [3.63, 3.8) is 0 Å². The van der Waals surface area contributed by atoms with Gasteiger partial charge >= 0.3 is 6.03 Å². The highest BCUT2D eigenvalue weighted by atomic mass is 16.2. The lowest BCUT2D eigenvalue weighted by molar-refractivity contribution is 0.200. The van der Waals surface area contributed by atoms with Gasteiger partial charge in [-0.25, -0.2) is 9.31 Å². The maximum Gasteiger partial charge on any atom is 0.321 e. The third kappa shape index (κ3) is 3.37. The number of likely N-dealkylation sites (tertiary alicyclic amines) is 1. The zero-order valence-electron chi connectivity index (χ0n) is 16.4. The average molecular weight is 394 g/mol. The topological polar surface area (TPSA) is 94.5 Å².